The molecule has 1 aromatic carbocycles. The van der Waals surface area contributed by atoms with Gasteiger partial charge < -0.3 is 5.73 Å². The monoisotopic (exact) mass is 275 g/mol. The molecule has 5 N–H and O–H groups in total. The molecule has 0 bridgehead atoms. The van der Waals surface area contributed by atoms with Crippen LogP contribution in [-0.4, -0.2) is 17.6 Å². The Morgan fingerprint density at radius 2 is 2.16 bits per heavy atom. The molecule has 0 aromatic heterocycles. The van der Waals surface area contributed by atoms with Crippen molar-refractivity contribution in [1.82, 2.24) is 21.5 Å². The molecule has 1 fully saturated rings. The number of hydrogen-bond donors (Lipinski definition) is 4. The Morgan fingerprint density at radius 3 is 2.79 bits per heavy atom. The van der Waals surface area contributed by atoms with Gasteiger partial charge in [-0.05, 0) is 17.7 Å². The van der Waals surface area contributed by atoms with E-state index in [1.807, 2.05) is 0 Å². The van der Waals surface area contributed by atoms with Crippen LogP contribution < -0.4 is 22.1 Å². The summed E-state index contributed by atoms with van der Waals surface area (Å²) in [6.45, 7) is -0.123. The molecular formula is C10H12F3N5O. The molecule has 1 atom stereocenters. The zero-order chi connectivity index (χ0) is 14.0. The summed E-state index contributed by atoms with van der Waals surface area (Å²) in [4.78, 5) is 10.7. The Hall–Kier alpha value is -1.68. The summed E-state index contributed by atoms with van der Waals surface area (Å²) >= 11 is 0. The number of alkyl halides is 3. The minimum Gasteiger partial charge on any atom is -0.368 e. The predicted octanol–water partition coefficient (Wildman–Crippen LogP) is 0.0187. The third kappa shape index (κ3) is 3.41. The summed E-state index contributed by atoms with van der Waals surface area (Å²) in [6, 6.07) is 4.88. The summed E-state index contributed by atoms with van der Waals surface area (Å²) in [7, 11) is 0. The van der Waals surface area contributed by atoms with E-state index in [2.05, 4.69) is 16.4 Å². The molecule has 6 nitrogen and oxygen atoms in total. The Balaban J connectivity index is 2.09. The maximum atomic E-state index is 12.6. The second-order valence-corrected chi connectivity index (χ2v) is 3.99. The molecule has 19 heavy (non-hydrogen) atoms. The molecule has 0 saturated carbocycles. The summed E-state index contributed by atoms with van der Waals surface area (Å²) in [5.74, 6) is -0.577. The highest BCUT2D eigenvalue weighted by Crippen LogP contribution is 2.30. The number of benzene rings is 1. The summed E-state index contributed by atoms with van der Waals surface area (Å²) in [6.07, 6.45) is -4.98. The second kappa shape index (κ2) is 5.13. The third-order valence-corrected chi connectivity index (χ3v) is 2.49. The zero-order valence-corrected chi connectivity index (χ0v) is 9.66. The highest BCUT2D eigenvalue weighted by atomic mass is 19.4. The van der Waals surface area contributed by atoms with Crippen molar-refractivity contribution in [2.75, 3.05) is 6.54 Å². The van der Waals surface area contributed by atoms with Gasteiger partial charge in [0, 0.05) is 0 Å². The number of nitrogens with two attached hydrogens (primary N) is 1. The van der Waals surface area contributed by atoms with Crippen molar-refractivity contribution in [3.63, 3.8) is 0 Å². The van der Waals surface area contributed by atoms with Gasteiger partial charge in [-0.1, -0.05) is 12.1 Å². The largest absolute Gasteiger partial charge is 0.416 e. The number of hydrogen-bond acceptors (Lipinski definition) is 5. The van der Waals surface area contributed by atoms with E-state index in [-0.39, 0.29) is 6.54 Å². The maximum absolute atomic E-state index is 12.6. The SMILES string of the molecule is NC(=O)CN1NNC(c2cccc(C(F)(F)F)c2)N1. The van der Waals surface area contributed by atoms with E-state index < -0.39 is 23.8 Å². The molecule has 104 valence electrons. The number of nitrogens with zero attached hydrogens (tertiary/aromatic N) is 1. The first-order chi connectivity index (χ1) is 8.86. The molecule has 1 unspecified atom stereocenters. The van der Waals surface area contributed by atoms with Crippen molar-refractivity contribution in [3.8, 4) is 0 Å². The summed E-state index contributed by atoms with van der Waals surface area (Å²) in [5, 5.41) is 1.26. The minimum atomic E-state index is -4.39. The topological polar surface area (TPSA) is 82.4 Å². The highest BCUT2D eigenvalue weighted by molar-refractivity contribution is 5.75. The smallest absolute Gasteiger partial charge is 0.368 e. The highest BCUT2D eigenvalue weighted by Gasteiger charge is 2.32. The summed E-state index contributed by atoms with van der Waals surface area (Å²) in [5.41, 5.74) is 12.7. The van der Waals surface area contributed by atoms with Gasteiger partial charge in [-0.2, -0.15) is 23.8 Å². The lowest BCUT2D eigenvalue weighted by Gasteiger charge is -2.14. The van der Waals surface area contributed by atoms with Crippen molar-refractivity contribution in [2.45, 2.75) is 12.3 Å². The number of amides is 1. The van der Waals surface area contributed by atoms with E-state index in [9.17, 15) is 18.0 Å². The number of carbonyl (C=O) groups is 1. The van der Waals surface area contributed by atoms with Gasteiger partial charge in [-0.3, -0.25) is 4.79 Å². The fraction of sp³-hybridized carbons (Fsp3) is 0.300. The normalized spacial score (nSPS) is 20.7. The Kier molecular flexibility index (Phi) is 3.71. The van der Waals surface area contributed by atoms with E-state index in [1.165, 1.54) is 17.3 Å². The standard InChI is InChI=1S/C10H12F3N5O/c11-10(12,13)7-3-1-2-6(4-7)9-15-17-18(16-9)5-8(14)19/h1-4,9,15-17H,5H2,(H2,14,19). The molecule has 9 heteroatoms. The molecule has 2 rings (SSSR count). The first kappa shape index (κ1) is 13.7. The molecule has 0 aliphatic carbocycles. The van der Waals surface area contributed by atoms with Crippen LogP contribution in [0.15, 0.2) is 24.3 Å². The Morgan fingerprint density at radius 1 is 1.42 bits per heavy atom. The average Bonchev–Trinajstić information content (AvgIpc) is 2.76. The lowest BCUT2D eigenvalue weighted by Crippen LogP contribution is -2.45. The van der Waals surface area contributed by atoms with Crippen molar-refractivity contribution < 1.29 is 18.0 Å². The molecule has 1 saturated heterocycles. The average molecular weight is 275 g/mol. The van der Waals surface area contributed by atoms with Gasteiger partial charge in [0.2, 0.25) is 5.91 Å². The minimum absolute atomic E-state index is 0.123. The fourth-order valence-electron chi connectivity index (χ4n) is 1.66. The van der Waals surface area contributed by atoms with Crippen LogP contribution >= 0.6 is 0 Å². The van der Waals surface area contributed by atoms with Crippen LogP contribution in [-0.2, 0) is 11.0 Å². The third-order valence-electron chi connectivity index (χ3n) is 2.49. The molecule has 0 radical (unpaired) electrons. The molecular weight excluding hydrogens is 263 g/mol. The Bertz CT molecular complexity index is 478. The molecule has 1 amide bonds. The molecule has 1 heterocycles. The van der Waals surface area contributed by atoms with E-state index >= 15 is 0 Å². The number of nitrogens with one attached hydrogen (secondary N) is 3. The molecule has 1 aliphatic rings. The van der Waals surface area contributed by atoms with Gasteiger partial charge in [-0.25, -0.2) is 10.9 Å². The number of primary amides is 1. The van der Waals surface area contributed by atoms with Gasteiger partial charge in [0.25, 0.3) is 0 Å². The van der Waals surface area contributed by atoms with Gasteiger partial charge in [0.15, 0.2) is 0 Å². The number of rotatable bonds is 3. The van der Waals surface area contributed by atoms with Gasteiger partial charge in [0.05, 0.1) is 5.56 Å². The van der Waals surface area contributed by atoms with Gasteiger partial charge in [-0.15, -0.1) is 0 Å². The van der Waals surface area contributed by atoms with Crippen LogP contribution in [0.4, 0.5) is 13.2 Å². The van der Waals surface area contributed by atoms with Crippen LogP contribution in [0.2, 0.25) is 0 Å². The van der Waals surface area contributed by atoms with Crippen LogP contribution in [0.25, 0.3) is 0 Å². The van der Waals surface area contributed by atoms with E-state index in [0.717, 1.165) is 12.1 Å². The summed E-state index contributed by atoms with van der Waals surface area (Å²) < 4.78 is 37.7. The quantitative estimate of drug-likeness (QED) is 0.625. The first-order valence-electron chi connectivity index (χ1n) is 5.36. The van der Waals surface area contributed by atoms with Gasteiger partial charge >= 0.3 is 6.18 Å². The van der Waals surface area contributed by atoms with Crippen LogP contribution in [0.5, 0.6) is 0 Å². The predicted molar refractivity (Wildman–Crippen MR) is 59.5 cm³/mol. The second-order valence-electron chi connectivity index (χ2n) is 3.99. The van der Waals surface area contributed by atoms with E-state index in [4.69, 9.17) is 5.73 Å². The van der Waals surface area contributed by atoms with Crippen LogP contribution in [0.3, 0.4) is 0 Å². The number of carbonyl (C=O) groups excluding carboxylic acids is 1. The van der Waals surface area contributed by atoms with Crippen molar-refractivity contribution in [1.29, 1.82) is 0 Å². The van der Waals surface area contributed by atoms with Crippen molar-refractivity contribution >= 4 is 5.91 Å². The number of halogens is 3. The molecule has 1 aromatic rings. The first-order valence-corrected chi connectivity index (χ1v) is 5.36. The lowest BCUT2D eigenvalue weighted by molar-refractivity contribution is -0.137. The lowest BCUT2D eigenvalue weighted by atomic mass is 10.1. The zero-order valence-electron chi connectivity index (χ0n) is 9.66. The van der Waals surface area contributed by atoms with E-state index in [1.54, 1.807) is 0 Å². The number of hydrazine groups is 3. The molecule has 1 aliphatic heterocycles. The fourth-order valence-corrected chi connectivity index (χ4v) is 1.66. The van der Waals surface area contributed by atoms with Crippen LogP contribution in [0.1, 0.15) is 17.3 Å². The Labute approximate surface area is 106 Å². The molecule has 0 spiro atoms. The van der Waals surface area contributed by atoms with E-state index in [0.29, 0.717) is 5.56 Å². The van der Waals surface area contributed by atoms with Gasteiger partial charge in [0.1, 0.15) is 12.7 Å². The van der Waals surface area contributed by atoms with Crippen molar-refractivity contribution in [2.24, 2.45) is 5.73 Å². The maximum Gasteiger partial charge on any atom is 0.416 e. The van der Waals surface area contributed by atoms with Crippen LogP contribution in [0, 0.1) is 0 Å². The van der Waals surface area contributed by atoms with Crippen molar-refractivity contribution in [3.05, 3.63) is 35.4 Å².